The zero-order valence-electron chi connectivity index (χ0n) is 24.8. The summed E-state index contributed by atoms with van der Waals surface area (Å²) in [6.07, 6.45) is 0. The van der Waals surface area contributed by atoms with Crippen LogP contribution in [0.25, 0.3) is 11.1 Å². The third kappa shape index (κ3) is 7.64. The molecule has 3 aromatic rings. The Morgan fingerprint density at radius 1 is 0.975 bits per heavy atom. The number of carbonyl (C=O) groups is 1. The zero-order chi connectivity index (χ0) is 28.6. The monoisotopic (exact) mass is 568 g/mol. The van der Waals surface area contributed by atoms with Gasteiger partial charge < -0.3 is 19.2 Å². The number of thioether (sulfide) groups is 1. The summed E-state index contributed by atoms with van der Waals surface area (Å²) < 4.78 is 16.9. The number of rotatable bonds is 13. The summed E-state index contributed by atoms with van der Waals surface area (Å²) in [7, 11) is 3.37. The van der Waals surface area contributed by atoms with E-state index in [4.69, 9.17) is 13.9 Å². The van der Waals surface area contributed by atoms with Gasteiger partial charge in [-0.25, -0.2) is 4.98 Å². The largest absolute Gasteiger partial charge is 0.431 e. The lowest BCUT2D eigenvalue weighted by Crippen LogP contribution is -2.49. The van der Waals surface area contributed by atoms with E-state index < -0.39 is 0 Å². The Hall–Kier alpha value is -2.43. The summed E-state index contributed by atoms with van der Waals surface area (Å²) in [6.45, 7) is 14.7. The zero-order valence-corrected chi connectivity index (χ0v) is 25.6. The first-order valence-electron chi connectivity index (χ1n) is 14.2. The maximum Gasteiger partial charge on any atom is 0.256 e. The Kier molecular flexibility index (Phi) is 11.0. The molecule has 1 fully saturated rings. The van der Waals surface area contributed by atoms with Crippen molar-refractivity contribution in [1.82, 2.24) is 14.8 Å². The molecule has 0 aliphatic carbocycles. The number of ether oxygens (including phenoxy) is 2. The summed E-state index contributed by atoms with van der Waals surface area (Å²) in [5, 5.41) is 3.94. The van der Waals surface area contributed by atoms with Crippen LogP contribution < -0.4 is 5.32 Å². The minimum atomic E-state index is 0.0662. The molecule has 2 heterocycles. The van der Waals surface area contributed by atoms with Crippen molar-refractivity contribution in [3.63, 3.8) is 0 Å². The number of hydrogen-bond donors (Lipinski definition) is 1. The molecule has 1 aromatic heterocycles. The van der Waals surface area contributed by atoms with Crippen LogP contribution >= 0.6 is 11.8 Å². The molecule has 40 heavy (non-hydrogen) atoms. The van der Waals surface area contributed by atoms with Crippen molar-refractivity contribution >= 4 is 34.5 Å². The van der Waals surface area contributed by atoms with Gasteiger partial charge in [0.25, 0.3) is 5.22 Å². The van der Waals surface area contributed by atoms with Crippen LogP contribution in [0.4, 0.5) is 5.69 Å². The quantitative estimate of drug-likeness (QED) is 0.263. The maximum absolute atomic E-state index is 13.0. The molecule has 0 radical (unpaired) electrons. The first kappa shape index (κ1) is 30.5. The number of aromatic nitrogens is 1. The molecule has 2 aromatic carbocycles. The van der Waals surface area contributed by atoms with E-state index >= 15 is 0 Å². The van der Waals surface area contributed by atoms with Crippen LogP contribution in [0, 0.1) is 0 Å². The van der Waals surface area contributed by atoms with E-state index in [1.165, 1.54) is 11.1 Å². The Bertz CT molecular complexity index is 1240. The number of hydrogen-bond acceptors (Lipinski definition) is 8. The van der Waals surface area contributed by atoms with Crippen LogP contribution in [-0.4, -0.2) is 79.9 Å². The molecule has 4 rings (SSSR count). The Balaban J connectivity index is 1.25. The van der Waals surface area contributed by atoms with E-state index in [0.29, 0.717) is 36.8 Å². The van der Waals surface area contributed by atoms with Crippen LogP contribution in [0.15, 0.2) is 40.0 Å². The second kappa shape index (κ2) is 14.5. The molecule has 218 valence electrons. The fourth-order valence-corrected chi connectivity index (χ4v) is 6.06. The number of nitrogens with one attached hydrogen (secondary N) is 1. The van der Waals surface area contributed by atoms with Gasteiger partial charge in [0.15, 0.2) is 5.58 Å². The first-order chi connectivity index (χ1) is 19.3. The average Bonchev–Trinajstić information content (AvgIpc) is 3.34. The lowest BCUT2D eigenvalue weighted by molar-refractivity contribution is -0.117. The number of methoxy groups -OCH3 is 2. The van der Waals surface area contributed by atoms with Gasteiger partial charge in [-0.1, -0.05) is 63.7 Å². The predicted molar refractivity (Wildman–Crippen MR) is 162 cm³/mol. The van der Waals surface area contributed by atoms with E-state index in [2.05, 4.69) is 66.0 Å². The molecule has 0 spiro atoms. The minimum Gasteiger partial charge on any atom is -0.431 e. The number of benzene rings is 2. The topological polar surface area (TPSA) is 80.1 Å². The van der Waals surface area contributed by atoms with Crippen molar-refractivity contribution in [2.75, 3.05) is 64.6 Å². The van der Waals surface area contributed by atoms with Gasteiger partial charge in [-0.05, 0) is 34.6 Å². The molecule has 0 atom stereocenters. The Labute approximate surface area is 242 Å². The smallest absolute Gasteiger partial charge is 0.256 e. The Morgan fingerprint density at radius 2 is 1.62 bits per heavy atom. The minimum absolute atomic E-state index is 0.0662. The normalized spacial score (nSPS) is 15.0. The summed E-state index contributed by atoms with van der Waals surface area (Å²) in [5.41, 5.74) is 7.07. The molecule has 1 amide bonds. The predicted octanol–water partition coefficient (Wildman–Crippen LogP) is 5.72. The van der Waals surface area contributed by atoms with Gasteiger partial charge in [0.1, 0.15) is 5.52 Å². The van der Waals surface area contributed by atoms with Crippen LogP contribution in [-0.2, 0) is 27.5 Å². The Morgan fingerprint density at radius 3 is 2.25 bits per heavy atom. The molecule has 1 N–H and O–H groups in total. The fourth-order valence-electron chi connectivity index (χ4n) is 5.23. The van der Waals surface area contributed by atoms with E-state index in [9.17, 15) is 4.79 Å². The summed E-state index contributed by atoms with van der Waals surface area (Å²) in [4.78, 5) is 22.4. The second-order valence-electron chi connectivity index (χ2n) is 11.0. The van der Waals surface area contributed by atoms with Gasteiger partial charge in [-0.2, -0.15) is 0 Å². The number of fused-ring (bicyclic) bond motifs is 1. The number of nitrogens with zero attached hydrogens (tertiary/aromatic N) is 3. The van der Waals surface area contributed by atoms with Gasteiger partial charge in [-0.3, -0.25) is 14.6 Å². The highest BCUT2D eigenvalue weighted by Gasteiger charge is 2.22. The van der Waals surface area contributed by atoms with Gasteiger partial charge in [0, 0.05) is 63.9 Å². The van der Waals surface area contributed by atoms with Crippen LogP contribution in [0.2, 0.25) is 0 Å². The molecule has 1 aliphatic heterocycles. The molecule has 1 aliphatic rings. The lowest BCUT2D eigenvalue weighted by Gasteiger charge is -2.34. The maximum atomic E-state index is 13.0. The van der Waals surface area contributed by atoms with Crippen LogP contribution in [0.3, 0.4) is 0 Å². The fraction of sp³-hybridized carbons (Fsp3) is 0.548. The highest BCUT2D eigenvalue weighted by Crippen LogP contribution is 2.32. The number of carbonyl (C=O) groups excluding carboxylic acids is 1. The van der Waals surface area contributed by atoms with Crippen molar-refractivity contribution in [3.05, 3.63) is 52.6 Å². The molecule has 0 bridgehead atoms. The number of anilines is 1. The first-order valence-corrected chi connectivity index (χ1v) is 15.2. The van der Waals surface area contributed by atoms with Crippen molar-refractivity contribution in [3.8, 4) is 0 Å². The average molecular weight is 569 g/mol. The van der Waals surface area contributed by atoms with Crippen molar-refractivity contribution in [2.45, 2.75) is 58.0 Å². The third-order valence-electron chi connectivity index (χ3n) is 7.43. The molecular weight excluding hydrogens is 524 g/mol. The van der Waals surface area contributed by atoms with Gasteiger partial charge in [-0.15, -0.1) is 0 Å². The third-order valence-corrected chi connectivity index (χ3v) is 8.24. The van der Waals surface area contributed by atoms with Gasteiger partial charge in [0.2, 0.25) is 5.91 Å². The highest BCUT2D eigenvalue weighted by molar-refractivity contribution is 7.99. The van der Waals surface area contributed by atoms with Crippen molar-refractivity contribution < 1.29 is 18.7 Å². The van der Waals surface area contributed by atoms with E-state index in [1.807, 2.05) is 12.1 Å². The lowest BCUT2D eigenvalue weighted by atomic mass is 9.92. The second-order valence-corrected chi connectivity index (χ2v) is 12.1. The summed E-state index contributed by atoms with van der Waals surface area (Å²) >= 11 is 1.64. The molecule has 1 saturated heterocycles. The number of oxazole rings is 1. The van der Waals surface area contributed by atoms with Crippen LogP contribution in [0.1, 0.15) is 61.8 Å². The highest BCUT2D eigenvalue weighted by atomic mass is 32.2. The SMILES string of the molecule is COCc1ccc2nc(SCCN3CCN(CC(=O)Nc4c(C(C)C)cccc4C(C)C)CC3)oc2c1COC. The summed E-state index contributed by atoms with van der Waals surface area (Å²) in [6, 6.07) is 10.4. The van der Waals surface area contributed by atoms with E-state index in [1.54, 1.807) is 26.0 Å². The van der Waals surface area contributed by atoms with E-state index in [0.717, 1.165) is 66.4 Å². The molecule has 0 saturated carbocycles. The van der Waals surface area contributed by atoms with Crippen molar-refractivity contribution in [2.24, 2.45) is 0 Å². The van der Waals surface area contributed by atoms with Gasteiger partial charge >= 0.3 is 0 Å². The standard InChI is InChI=1S/C31H44N4O4S/c1-21(2)24-8-7-9-25(22(3)4)29(24)33-28(36)18-35-14-12-34(13-15-35)16-17-40-31-32-27-11-10-23(19-37-5)26(20-38-6)30(27)39-31/h7-11,21-22H,12-20H2,1-6H3,(H,33,36). The molecular formula is C31H44N4O4S. The van der Waals surface area contributed by atoms with E-state index in [-0.39, 0.29) is 5.91 Å². The molecule has 9 heteroatoms. The van der Waals surface area contributed by atoms with Gasteiger partial charge in [0.05, 0.1) is 19.8 Å². The summed E-state index contributed by atoms with van der Waals surface area (Å²) in [5.74, 6) is 1.66. The molecule has 0 unspecified atom stereocenters. The number of para-hydroxylation sites is 1. The van der Waals surface area contributed by atoms with Crippen molar-refractivity contribution in [1.29, 1.82) is 0 Å². The molecule has 8 nitrogen and oxygen atoms in total. The number of piperazine rings is 1. The van der Waals surface area contributed by atoms with Crippen LogP contribution in [0.5, 0.6) is 0 Å². The number of amides is 1.